The van der Waals surface area contributed by atoms with Gasteiger partial charge in [0, 0.05) is 7.11 Å². The molecule has 0 radical (unpaired) electrons. The Kier molecular flexibility index (Phi) is 6.45. The molecule has 1 heterocycles. The van der Waals surface area contributed by atoms with Crippen LogP contribution in [-0.4, -0.2) is 78.8 Å². The van der Waals surface area contributed by atoms with Gasteiger partial charge in [-0.25, -0.2) is 9.59 Å². The van der Waals surface area contributed by atoms with E-state index in [4.69, 9.17) is 14.2 Å². The van der Waals surface area contributed by atoms with Crippen molar-refractivity contribution in [2.24, 2.45) is 0 Å². The highest BCUT2D eigenvalue weighted by atomic mass is 16.7. The standard InChI is InChI=1S/C16H20O9/c1-22-14(20)8-3-5-9(6-4-8)15(21)25-13-11(18)10(7-17)24-16(23-2)12(13)19/h3-6,10-13,16-19H,7H2,1-2H3/t10-,11-,12-,13+,16+/m1/s1. The summed E-state index contributed by atoms with van der Waals surface area (Å²) >= 11 is 0. The number of aliphatic hydroxyl groups excluding tert-OH is 3. The quantitative estimate of drug-likeness (QED) is 0.573. The highest BCUT2D eigenvalue weighted by molar-refractivity contribution is 5.93. The van der Waals surface area contributed by atoms with E-state index in [1.165, 1.54) is 38.5 Å². The zero-order valence-corrected chi connectivity index (χ0v) is 13.7. The molecule has 1 saturated heterocycles. The average Bonchev–Trinajstić information content (AvgIpc) is 2.64. The molecule has 0 aliphatic carbocycles. The highest BCUT2D eigenvalue weighted by Crippen LogP contribution is 2.25. The van der Waals surface area contributed by atoms with Gasteiger partial charge in [-0.3, -0.25) is 0 Å². The lowest BCUT2D eigenvalue weighted by Gasteiger charge is -2.40. The van der Waals surface area contributed by atoms with Crippen LogP contribution in [0.2, 0.25) is 0 Å². The number of esters is 2. The van der Waals surface area contributed by atoms with E-state index >= 15 is 0 Å². The van der Waals surface area contributed by atoms with Crippen LogP contribution in [0.3, 0.4) is 0 Å². The van der Waals surface area contributed by atoms with Crippen LogP contribution in [0.4, 0.5) is 0 Å². The monoisotopic (exact) mass is 356 g/mol. The number of hydrogen-bond donors (Lipinski definition) is 3. The molecule has 9 nitrogen and oxygen atoms in total. The first kappa shape index (κ1) is 19.3. The molecule has 0 aromatic heterocycles. The predicted molar refractivity (Wildman–Crippen MR) is 81.8 cm³/mol. The van der Waals surface area contributed by atoms with Crippen LogP contribution in [-0.2, 0) is 18.9 Å². The van der Waals surface area contributed by atoms with Crippen molar-refractivity contribution in [2.75, 3.05) is 20.8 Å². The molecule has 5 atom stereocenters. The van der Waals surface area contributed by atoms with Crippen molar-refractivity contribution in [1.29, 1.82) is 0 Å². The smallest absolute Gasteiger partial charge is 0.338 e. The third-order valence-electron chi connectivity index (χ3n) is 3.84. The van der Waals surface area contributed by atoms with Gasteiger partial charge in [0.15, 0.2) is 12.4 Å². The van der Waals surface area contributed by atoms with Gasteiger partial charge in [0.2, 0.25) is 0 Å². The molecule has 1 aromatic rings. The second kappa shape index (κ2) is 8.37. The molecule has 2 rings (SSSR count). The Balaban J connectivity index is 2.13. The molecular weight excluding hydrogens is 336 g/mol. The average molecular weight is 356 g/mol. The zero-order valence-electron chi connectivity index (χ0n) is 13.7. The number of ether oxygens (including phenoxy) is 4. The van der Waals surface area contributed by atoms with Gasteiger partial charge in [0.25, 0.3) is 0 Å². The first-order valence-corrected chi connectivity index (χ1v) is 7.47. The molecule has 1 aromatic carbocycles. The number of rotatable bonds is 5. The van der Waals surface area contributed by atoms with Gasteiger partial charge in [0.1, 0.15) is 18.3 Å². The molecule has 0 unspecified atom stereocenters. The van der Waals surface area contributed by atoms with Gasteiger partial charge < -0.3 is 34.3 Å². The minimum Gasteiger partial charge on any atom is -0.465 e. The van der Waals surface area contributed by atoms with Crippen LogP contribution < -0.4 is 0 Å². The molecule has 0 saturated carbocycles. The minimum absolute atomic E-state index is 0.105. The normalized spacial score (nSPS) is 29.1. The Hall–Kier alpha value is -2.04. The molecule has 0 bridgehead atoms. The molecule has 1 aliphatic rings. The summed E-state index contributed by atoms with van der Waals surface area (Å²) < 4.78 is 19.8. The summed E-state index contributed by atoms with van der Waals surface area (Å²) in [5.41, 5.74) is 0.359. The van der Waals surface area contributed by atoms with Crippen LogP contribution in [0, 0.1) is 0 Å². The Morgan fingerprint density at radius 3 is 2.08 bits per heavy atom. The van der Waals surface area contributed by atoms with E-state index in [0.717, 1.165) is 0 Å². The largest absolute Gasteiger partial charge is 0.465 e. The van der Waals surface area contributed by atoms with Crippen molar-refractivity contribution in [2.45, 2.75) is 30.7 Å². The van der Waals surface area contributed by atoms with Gasteiger partial charge in [-0.1, -0.05) is 0 Å². The molecule has 0 spiro atoms. The summed E-state index contributed by atoms with van der Waals surface area (Å²) in [6.45, 7) is -0.546. The van der Waals surface area contributed by atoms with Crippen LogP contribution >= 0.6 is 0 Å². The number of methoxy groups -OCH3 is 2. The number of hydrogen-bond acceptors (Lipinski definition) is 9. The van der Waals surface area contributed by atoms with E-state index in [2.05, 4.69) is 4.74 Å². The summed E-state index contributed by atoms with van der Waals surface area (Å²) in [7, 11) is 2.51. The number of carbonyl (C=O) groups excluding carboxylic acids is 2. The van der Waals surface area contributed by atoms with E-state index < -0.39 is 49.3 Å². The lowest BCUT2D eigenvalue weighted by Crippen LogP contribution is -2.60. The van der Waals surface area contributed by atoms with Crippen molar-refractivity contribution >= 4 is 11.9 Å². The fourth-order valence-corrected chi connectivity index (χ4v) is 2.44. The van der Waals surface area contributed by atoms with E-state index in [1.807, 2.05) is 0 Å². The third kappa shape index (κ3) is 4.14. The first-order chi connectivity index (χ1) is 11.9. The maximum Gasteiger partial charge on any atom is 0.338 e. The Bertz CT molecular complexity index is 584. The number of carbonyl (C=O) groups is 2. The van der Waals surface area contributed by atoms with Crippen molar-refractivity contribution in [3.8, 4) is 0 Å². The van der Waals surface area contributed by atoms with E-state index in [1.54, 1.807) is 0 Å². The summed E-state index contributed by atoms with van der Waals surface area (Å²) in [6, 6.07) is 5.47. The summed E-state index contributed by atoms with van der Waals surface area (Å²) in [6.07, 6.45) is -6.48. The maximum absolute atomic E-state index is 12.2. The van der Waals surface area contributed by atoms with Gasteiger partial charge in [0.05, 0.1) is 24.8 Å². The molecular formula is C16H20O9. The molecule has 1 fully saturated rings. The van der Waals surface area contributed by atoms with Crippen LogP contribution in [0.15, 0.2) is 24.3 Å². The summed E-state index contributed by atoms with van der Waals surface area (Å²) in [4.78, 5) is 23.6. The Morgan fingerprint density at radius 1 is 1.04 bits per heavy atom. The first-order valence-electron chi connectivity index (χ1n) is 7.47. The molecule has 9 heteroatoms. The molecule has 0 amide bonds. The molecule has 25 heavy (non-hydrogen) atoms. The summed E-state index contributed by atoms with van der Waals surface area (Å²) in [5, 5.41) is 29.5. The lowest BCUT2D eigenvalue weighted by atomic mass is 9.99. The van der Waals surface area contributed by atoms with E-state index in [9.17, 15) is 24.9 Å². The van der Waals surface area contributed by atoms with Crippen molar-refractivity contribution in [1.82, 2.24) is 0 Å². The SMILES string of the molecule is COC(=O)c1ccc(C(=O)O[C@@H]2[C@@H](O)[C@@H](OC)O[C@H](CO)[C@H]2O)cc1. The minimum atomic E-state index is -1.44. The Morgan fingerprint density at radius 2 is 1.60 bits per heavy atom. The third-order valence-corrected chi connectivity index (χ3v) is 3.84. The number of aliphatic hydroxyl groups is 3. The highest BCUT2D eigenvalue weighted by Gasteiger charge is 2.46. The van der Waals surface area contributed by atoms with Crippen molar-refractivity contribution in [3.63, 3.8) is 0 Å². The van der Waals surface area contributed by atoms with Crippen LogP contribution in [0.5, 0.6) is 0 Å². The fourth-order valence-electron chi connectivity index (χ4n) is 2.44. The van der Waals surface area contributed by atoms with Crippen molar-refractivity contribution < 1.29 is 43.9 Å². The fraction of sp³-hybridized carbons (Fsp3) is 0.500. The van der Waals surface area contributed by atoms with E-state index in [-0.39, 0.29) is 11.1 Å². The second-order valence-corrected chi connectivity index (χ2v) is 5.38. The second-order valence-electron chi connectivity index (χ2n) is 5.38. The molecule has 1 aliphatic heterocycles. The van der Waals surface area contributed by atoms with Gasteiger partial charge in [-0.2, -0.15) is 0 Å². The topological polar surface area (TPSA) is 132 Å². The van der Waals surface area contributed by atoms with Gasteiger partial charge >= 0.3 is 11.9 Å². The van der Waals surface area contributed by atoms with Crippen LogP contribution in [0.1, 0.15) is 20.7 Å². The zero-order chi connectivity index (χ0) is 18.6. The Labute approximate surface area is 143 Å². The molecule has 138 valence electrons. The van der Waals surface area contributed by atoms with Crippen molar-refractivity contribution in [3.05, 3.63) is 35.4 Å². The van der Waals surface area contributed by atoms with Gasteiger partial charge in [-0.15, -0.1) is 0 Å². The molecule has 3 N–H and O–H groups in total. The van der Waals surface area contributed by atoms with Gasteiger partial charge in [-0.05, 0) is 24.3 Å². The summed E-state index contributed by atoms with van der Waals surface area (Å²) in [5.74, 6) is -1.38. The predicted octanol–water partition coefficient (Wildman–Crippen LogP) is -0.916. The lowest BCUT2D eigenvalue weighted by molar-refractivity contribution is -0.293. The maximum atomic E-state index is 12.2. The van der Waals surface area contributed by atoms with Crippen LogP contribution in [0.25, 0.3) is 0 Å². The number of benzene rings is 1. The van der Waals surface area contributed by atoms with E-state index in [0.29, 0.717) is 0 Å².